The third-order valence-corrected chi connectivity index (χ3v) is 4.49. The van der Waals surface area contributed by atoms with Gasteiger partial charge >= 0.3 is 6.03 Å². The summed E-state index contributed by atoms with van der Waals surface area (Å²) < 4.78 is 11.0. The van der Waals surface area contributed by atoms with Crippen LogP contribution in [0, 0.1) is 0 Å². The van der Waals surface area contributed by atoms with Crippen molar-refractivity contribution in [3.05, 3.63) is 57.8 Å². The maximum atomic E-state index is 13.0. The summed E-state index contributed by atoms with van der Waals surface area (Å²) in [6, 6.07) is 8.07. The molecule has 0 aliphatic heterocycles. The molecule has 3 aromatic rings. The molecule has 1 unspecified atom stereocenters. The van der Waals surface area contributed by atoms with E-state index in [1.165, 1.54) is 24.3 Å². The van der Waals surface area contributed by atoms with Crippen LogP contribution in [0.1, 0.15) is 16.1 Å². The van der Waals surface area contributed by atoms with Crippen molar-refractivity contribution in [2.24, 2.45) is 5.73 Å². The van der Waals surface area contributed by atoms with Gasteiger partial charge in [-0.15, -0.1) is 0 Å². The van der Waals surface area contributed by atoms with E-state index in [0.29, 0.717) is 16.2 Å². The predicted octanol–water partition coefficient (Wildman–Crippen LogP) is 3.19. The maximum absolute atomic E-state index is 13.0. The Morgan fingerprint density at radius 1 is 1.21 bits per heavy atom. The number of hydrogen-bond acceptors (Lipinski definition) is 6. The molecule has 2 amide bonds. The van der Waals surface area contributed by atoms with Crippen molar-refractivity contribution in [2.45, 2.75) is 6.10 Å². The van der Waals surface area contributed by atoms with Crippen LogP contribution in [-0.4, -0.2) is 41.3 Å². The Morgan fingerprint density at radius 3 is 2.62 bits per heavy atom. The highest BCUT2D eigenvalue weighted by Gasteiger charge is 2.25. The minimum Gasteiger partial charge on any atom is -0.491 e. The van der Waals surface area contributed by atoms with Gasteiger partial charge in [0.15, 0.2) is 5.76 Å². The molecule has 0 fully saturated rings. The number of furan rings is 1. The number of anilines is 1. The molecule has 0 spiro atoms. The van der Waals surface area contributed by atoms with Crippen LogP contribution >= 0.6 is 23.2 Å². The number of aliphatic hydroxyl groups is 2. The maximum Gasteiger partial charge on any atom is 0.316 e. The summed E-state index contributed by atoms with van der Waals surface area (Å²) in [5.74, 6) is -0.423. The summed E-state index contributed by atoms with van der Waals surface area (Å²) in [4.78, 5) is 24.4. The lowest BCUT2D eigenvalue weighted by atomic mass is 10.1. The van der Waals surface area contributed by atoms with Gasteiger partial charge in [-0.2, -0.15) is 0 Å². The van der Waals surface area contributed by atoms with E-state index < -0.39 is 24.5 Å². The molecule has 1 aromatic heterocycles. The van der Waals surface area contributed by atoms with Gasteiger partial charge in [0.1, 0.15) is 29.7 Å². The molecule has 29 heavy (non-hydrogen) atoms. The summed E-state index contributed by atoms with van der Waals surface area (Å²) in [6.45, 7) is -0.586. The Labute approximate surface area is 174 Å². The van der Waals surface area contributed by atoms with Crippen LogP contribution in [0.25, 0.3) is 11.0 Å². The lowest BCUT2D eigenvalue weighted by molar-refractivity contribution is 0.0536. The second-order valence-corrected chi connectivity index (χ2v) is 6.90. The number of nitrogens with one attached hydrogen (secondary N) is 1. The molecule has 152 valence electrons. The average molecular weight is 439 g/mol. The van der Waals surface area contributed by atoms with Gasteiger partial charge in [-0.1, -0.05) is 23.2 Å². The number of benzene rings is 2. The number of rotatable bonds is 7. The first-order valence-corrected chi connectivity index (χ1v) is 9.10. The number of urea groups is 1. The zero-order chi connectivity index (χ0) is 21.1. The quantitative estimate of drug-likeness (QED) is 0.418. The summed E-state index contributed by atoms with van der Waals surface area (Å²) in [6.07, 6.45) is -1.04. The van der Waals surface area contributed by atoms with E-state index in [9.17, 15) is 14.7 Å². The zero-order valence-corrected chi connectivity index (χ0v) is 16.3. The molecule has 1 atom stereocenters. The fraction of sp³-hybridized carbons (Fsp3) is 0.158. The number of nitrogens with two attached hydrogens (primary N) is 1. The molecule has 1 heterocycles. The summed E-state index contributed by atoms with van der Waals surface area (Å²) in [5, 5.41) is 21.5. The molecule has 0 saturated carbocycles. The zero-order valence-electron chi connectivity index (χ0n) is 14.8. The van der Waals surface area contributed by atoms with Crippen molar-refractivity contribution in [3.63, 3.8) is 0 Å². The van der Waals surface area contributed by atoms with Crippen LogP contribution < -0.4 is 15.8 Å². The fourth-order valence-corrected chi connectivity index (χ4v) is 3.11. The number of halogens is 2. The Bertz CT molecular complexity index is 1080. The smallest absolute Gasteiger partial charge is 0.316 e. The molecule has 8 nitrogen and oxygen atoms in total. The van der Waals surface area contributed by atoms with Gasteiger partial charge < -0.3 is 30.4 Å². The lowest BCUT2D eigenvalue weighted by Gasteiger charge is -2.09. The van der Waals surface area contributed by atoms with Crippen LogP contribution in [0.4, 0.5) is 10.5 Å². The van der Waals surface area contributed by atoms with Gasteiger partial charge in [-0.3, -0.25) is 4.79 Å². The predicted molar refractivity (Wildman–Crippen MR) is 108 cm³/mol. The largest absolute Gasteiger partial charge is 0.491 e. The van der Waals surface area contributed by atoms with Crippen molar-refractivity contribution >= 4 is 51.7 Å². The first-order chi connectivity index (χ1) is 13.8. The van der Waals surface area contributed by atoms with Crippen LogP contribution in [0.3, 0.4) is 0 Å². The van der Waals surface area contributed by atoms with Gasteiger partial charge in [-0.25, -0.2) is 4.79 Å². The molecule has 0 aliphatic rings. The monoisotopic (exact) mass is 438 g/mol. The van der Waals surface area contributed by atoms with E-state index in [1.54, 1.807) is 12.1 Å². The summed E-state index contributed by atoms with van der Waals surface area (Å²) >= 11 is 12.0. The number of primary amides is 1. The Balaban J connectivity index is 2.04. The summed E-state index contributed by atoms with van der Waals surface area (Å²) in [7, 11) is 0. The normalized spacial score (nSPS) is 12.0. The third kappa shape index (κ3) is 4.63. The van der Waals surface area contributed by atoms with Gasteiger partial charge in [0.05, 0.1) is 11.6 Å². The van der Waals surface area contributed by atoms with Crippen LogP contribution in [-0.2, 0) is 0 Å². The SMILES string of the molecule is NC(=O)Nc1c(C(=O)c2ccc(Cl)cc2Cl)oc2cc(OCC(O)CO)ccc12. The Hall–Kier alpha value is -2.78. The van der Waals surface area contributed by atoms with Crippen LogP contribution in [0.15, 0.2) is 40.8 Å². The van der Waals surface area contributed by atoms with Crippen molar-refractivity contribution < 1.29 is 29.0 Å². The van der Waals surface area contributed by atoms with Gasteiger partial charge in [0, 0.05) is 22.0 Å². The van der Waals surface area contributed by atoms with Gasteiger partial charge in [0.25, 0.3) is 0 Å². The fourth-order valence-electron chi connectivity index (χ4n) is 2.61. The molecule has 10 heteroatoms. The first kappa shape index (κ1) is 20.9. The van der Waals surface area contributed by atoms with Crippen molar-refractivity contribution in [3.8, 4) is 5.75 Å². The highest BCUT2D eigenvalue weighted by Crippen LogP contribution is 2.36. The van der Waals surface area contributed by atoms with Crippen molar-refractivity contribution in [2.75, 3.05) is 18.5 Å². The van der Waals surface area contributed by atoms with E-state index in [-0.39, 0.29) is 34.2 Å². The molecular formula is C19H16Cl2N2O6. The lowest BCUT2D eigenvalue weighted by Crippen LogP contribution is -2.21. The molecule has 0 aliphatic carbocycles. The van der Waals surface area contributed by atoms with E-state index in [4.69, 9.17) is 43.2 Å². The standard InChI is InChI=1S/C19H16Cl2N2O6/c20-9-1-3-12(14(21)5-9)17(26)18-16(23-19(22)27)13-4-2-11(6-15(13)29-18)28-8-10(25)7-24/h1-6,10,24-25H,7-8H2,(H3,22,23,27). The second kappa shape index (κ2) is 8.71. The number of aliphatic hydroxyl groups excluding tert-OH is 2. The molecule has 3 rings (SSSR count). The second-order valence-electron chi connectivity index (χ2n) is 6.05. The summed E-state index contributed by atoms with van der Waals surface area (Å²) in [5.41, 5.74) is 5.69. The molecule has 0 radical (unpaired) electrons. The number of carbonyl (C=O) groups excluding carboxylic acids is 2. The topological polar surface area (TPSA) is 135 Å². The minimum absolute atomic E-state index is 0.0884. The minimum atomic E-state index is -1.04. The number of carbonyl (C=O) groups is 2. The van der Waals surface area contributed by atoms with Crippen LogP contribution in [0.2, 0.25) is 10.0 Å². The number of ether oxygens (including phenoxy) is 1. The van der Waals surface area contributed by atoms with E-state index in [2.05, 4.69) is 5.32 Å². The highest BCUT2D eigenvalue weighted by molar-refractivity contribution is 6.37. The Kier molecular flexibility index (Phi) is 6.29. The molecule has 5 N–H and O–H groups in total. The molecular weight excluding hydrogens is 423 g/mol. The Morgan fingerprint density at radius 2 is 1.97 bits per heavy atom. The first-order valence-electron chi connectivity index (χ1n) is 8.34. The van der Waals surface area contributed by atoms with Crippen LogP contribution in [0.5, 0.6) is 5.75 Å². The van der Waals surface area contributed by atoms with Crippen molar-refractivity contribution in [1.29, 1.82) is 0 Å². The highest BCUT2D eigenvalue weighted by atomic mass is 35.5. The number of hydrogen-bond donors (Lipinski definition) is 4. The molecule has 0 saturated heterocycles. The average Bonchev–Trinajstić information content (AvgIpc) is 3.02. The molecule has 0 bridgehead atoms. The van der Waals surface area contributed by atoms with E-state index in [1.807, 2.05) is 0 Å². The number of fused-ring (bicyclic) bond motifs is 1. The van der Waals surface area contributed by atoms with Gasteiger partial charge in [0.2, 0.25) is 5.78 Å². The molecule has 2 aromatic carbocycles. The number of amides is 2. The number of ketones is 1. The van der Waals surface area contributed by atoms with E-state index in [0.717, 1.165) is 0 Å². The van der Waals surface area contributed by atoms with E-state index >= 15 is 0 Å². The van der Waals surface area contributed by atoms with Gasteiger partial charge in [-0.05, 0) is 30.3 Å². The van der Waals surface area contributed by atoms with Crippen molar-refractivity contribution in [1.82, 2.24) is 0 Å². The third-order valence-electron chi connectivity index (χ3n) is 3.94.